The first kappa shape index (κ1) is 13.2. The third kappa shape index (κ3) is 4.68. The van der Waals surface area contributed by atoms with Gasteiger partial charge in [-0.15, -0.1) is 0 Å². The molecule has 1 atom stereocenters. The summed E-state index contributed by atoms with van der Waals surface area (Å²) in [7, 11) is 0. The van der Waals surface area contributed by atoms with Gasteiger partial charge in [0, 0.05) is 11.8 Å². The molecule has 1 radical (unpaired) electrons. The molecule has 0 aliphatic carbocycles. The number of rotatable bonds is 3. The molecule has 0 saturated carbocycles. The first-order chi connectivity index (χ1) is 7.92. The molecule has 0 fully saturated rings. The van der Waals surface area contributed by atoms with Crippen LogP contribution in [0.25, 0.3) is 0 Å². The van der Waals surface area contributed by atoms with Crippen LogP contribution in [0.5, 0.6) is 0 Å². The molecule has 0 aromatic carbocycles. The SMILES string of the molecule is C=CC(OC(=O)OC(C)(C)C)c1cc[c]nc1. The second-order valence-corrected chi connectivity index (χ2v) is 4.46. The Bertz CT molecular complexity index is 381. The quantitative estimate of drug-likeness (QED) is 0.595. The van der Waals surface area contributed by atoms with Crippen LogP contribution in [0.15, 0.2) is 31.0 Å². The van der Waals surface area contributed by atoms with E-state index in [9.17, 15) is 4.79 Å². The highest BCUT2D eigenvalue weighted by molar-refractivity contribution is 5.61. The van der Waals surface area contributed by atoms with Gasteiger partial charge in [-0.3, -0.25) is 4.98 Å². The molecule has 1 unspecified atom stereocenters. The molecule has 0 N–H and O–H groups in total. The Kier molecular flexibility index (Phi) is 4.26. The number of hydrogen-bond acceptors (Lipinski definition) is 4. The molecule has 1 aromatic heterocycles. The minimum Gasteiger partial charge on any atom is -0.429 e. The van der Waals surface area contributed by atoms with Gasteiger partial charge >= 0.3 is 6.16 Å². The fourth-order valence-electron chi connectivity index (χ4n) is 1.13. The average Bonchev–Trinajstić information content (AvgIpc) is 2.24. The maximum atomic E-state index is 11.5. The maximum absolute atomic E-state index is 11.5. The van der Waals surface area contributed by atoms with Crippen molar-refractivity contribution < 1.29 is 14.3 Å². The van der Waals surface area contributed by atoms with E-state index in [-0.39, 0.29) is 0 Å². The summed E-state index contributed by atoms with van der Waals surface area (Å²) in [6.45, 7) is 8.94. The zero-order chi connectivity index (χ0) is 12.9. The van der Waals surface area contributed by atoms with E-state index in [0.717, 1.165) is 5.56 Å². The second-order valence-electron chi connectivity index (χ2n) is 4.46. The van der Waals surface area contributed by atoms with Gasteiger partial charge in [-0.1, -0.05) is 12.6 Å². The number of carbonyl (C=O) groups excluding carboxylic acids is 1. The van der Waals surface area contributed by atoms with Crippen LogP contribution in [-0.4, -0.2) is 16.7 Å². The van der Waals surface area contributed by atoms with Gasteiger partial charge in [-0.05, 0) is 32.9 Å². The van der Waals surface area contributed by atoms with Crippen molar-refractivity contribution in [2.24, 2.45) is 0 Å². The van der Waals surface area contributed by atoms with E-state index in [4.69, 9.17) is 9.47 Å². The van der Waals surface area contributed by atoms with E-state index >= 15 is 0 Å². The summed E-state index contributed by atoms with van der Waals surface area (Å²) < 4.78 is 10.2. The molecule has 0 amide bonds. The Balaban J connectivity index is 2.66. The molecule has 0 aliphatic heterocycles. The molecule has 1 aromatic rings. The Morgan fingerprint density at radius 3 is 2.76 bits per heavy atom. The van der Waals surface area contributed by atoms with Crippen molar-refractivity contribution in [3.05, 3.63) is 42.7 Å². The summed E-state index contributed by atoms with van der Waals surface area (Å²) in [6, 6.07) is 3.40. The molecule has 0 bridgehead atoms. The summed E-state index contributed by atoms with van der Waals surface area (Å²) in [5.41, 5.74) is 0.149. The van der Waals surface area contributed by atoms with E-state index in [2.05, 4.69) is 17.8 Å². The molecule has 4 nitrogen and oxygen atoms in total. The maximum Gasteiger partial charge on any atom is 0.509 e. The van der Waals surface area contributed by atoms with Crippen LogP contribution in [-0.2, 0) is 9.47 Å². The largest absolute Gasteiger partial charge is 0.509 e. The van der Waals surface area contributed by atoms with E-state index in [1.54, 1.807) is 39.1 Å². The molecule has 4 heteroatoms. The van der Waals surface area contributed by atoms with Crippen molar-refractivity contribution in [3.8, 4) is 0 Å². The van der Waals surface area contributed by atoms with Gasteiger partial charge in [-0.25, -0.2) is 4.79 Å². The molecule has 91 valence electrons. The summed E-state index contributed by atoms with van der Waals surface area (Å²) in [6.07, 6.45) is 4.44. The minimum absolute atomic E-state index is 0.563. The van der Waals surface area contributed by atoms with Gasteiger partial charge < -0.3 is 9.47 Å². The third-order valence-corrected chi connectivity index (χ3v) is 1.79. The van der Waals surface area contributed by atoms with Crippen molar-refractivity contribution in [2.75, 3.05) is 0 Å². The number of aromatic nitrogens is 1. The molecule has 17 heavy (non-hydrogen) atoms. The van der Waals surface area contributed by atoms with Crippen LogP contribution >= 0.6 is 0 Å². The molecular formula is C13H16NO3. The molecule has 1 heterocycles. The van der Waals surface area contributed by atoms with Gasteiger partial charge in [0.1, 0.15) is 11.7 Å². The van der Waals surface area contributed by atoms with Crippen LogP contribution in [0.2, 0.25) is 0 Å². The van der Waals surface area contributed by atoms with Crippen molar-refractivity contribution >= 4 is 6.16 Å². The van der Waals surface area contributed by atoms with Crippen LogP contribution in [0.4, 0.5) is 4.79 Å². The lowest BCUT2D eigenvalue weighted by molar-refractivity contribution is -0.0188. The summed E-state index contributed by atoms with van der Waals surface area (Å²) in [4.78, 5) is 15.3. The Morgan fingerprint density at radius 2 is 2.29 bits per heavy atom. The zero-order valence-corrected chi connectivity index (χ0v) is 10.3. The lowest BCUT2D eigenvalue weighted by Gasteiger charge is -2.21. The van der Waals surface area contributed by atoms with Gasteiger partial charge in [-0.2, -0.15) is 0 Å². The third-order valence-electron chi connectivity index (χ3n) is 1.79. The van der Waals surface area contributed by atoms with Crippen LogP contribution < -0.4 is 0 Å². The molecule has 0 saturated heterocycles. The van der Waals surface area contributed by atoms with Gasteiger partial charge in [0.25, 0.3) is 0 Å². The second kappa shape index (κ2) is 5.48. The highest BCUT2D eigenvalue weighted by Gasteiger charge is 2.20. The molecule has 0 spiro atoms. The van der Waals surface area contributed by atoms with Crippen LogP contribution in [0.3, 0.4) is 0 Å². The summed E-state index contributed by atoms with van der Waals surface area (Å²) >= 11 is 0. The fourth-order valence-corrected chi connectivity index (χ4v) is 1.13. The topological polar surface area (TPSA) is 48.4 Å². The molecule has 1 rings (SSSR count). The highest BCUT2D eigenvalue weighted by Crippen LogP contribution is 2.19. The lowest BCUT2D eigenvalue weighted by Crippen LogP contribution is -2.25. The summed E-state index contributed by atoms with van der Waals surface area (Å²) in [5, 5.41) is 0. The van der Waals surface area contributed by atoms with Crippen LogP contribution in [0, 0.1) is 6.20 Å². The van der Waals surface area contributed by atoms with Gasteiger partial charge in [0.15, 0.2) is 0 Å². The monoisotopic (exact) mass is 234 g/mol. The Labute approximate surface area is 101 Å². The first-order valence-corrected chi connectivity index (χ1v) is 5.26. The summed E-state index contributed by atoms with van der Waals surface area (Å²) in [5.74, 6) is 0. The number of ether oxygens (including phenoxy) is 2. The minimum atomic E-state index is -0.727. The number of pyridine rings is 1. The predicted octanol–water partition coefficient (Wildman–Crippen LogP) is 3.06. The van der Waals surface area contributed by atoms with Crippen LogP contribution in [0.1, 0.15) is 32.4 Å². The fraction of sp³-hybridized carbons (Fsp3) is 0.385. The van der Waals surface area contributed by atoms with E-state index in [1.807, 2.05) is 0 Å². The zero-order valence-electron chi connectivity index (χ0n) is 10.3. The normalized spacial score (nSPS) is 12.6. The molecular weight excluding hydrogens is 218 g/mol. The Morgan fingerprint density at radius 1 is 1.59 bits per heavy atom. The van der Waals surface area contributed by atoms with Gasteiger partial charge in [0.05, 0.1) is 6.20 Å². The van der Waals surface area contributed by atoms with Crippen molar-refractivity contribution in [2.45, 2.75) is 32.5 Å². The van der Waals surface area contributed by atoms with Gasteiger partial charge in [0.2, 0.25) is 0 Å². The van der Waals surface area contributed by atoms with E-state index in [1.165, 1.54) is 6.08 Å². The first-order valence-electron chi connectivity index (χ1n) is 5.26. The van der Waals surface area contributed by atoms with E-state index < -0.39 is 17.9 Å². The number of nitrogens with zero attached hydrogens (tertiary/aromatic N) is 1. The standard InChI is InChI=1S/C13H16NO3/c1-5-11(10-7-6-8-14-9-10)16-12(15)17-13(2,3)4/h5-7,9,11H,1H2,2-4H3. The predicted molar refractivity (Wildman–Crippen MR) is 63.3 cm³/mol. The highest BCUT2D eigenvalue weighted by atomic mass is 16.7. The van der Waals surface area contributed by atoms with Crippen molar-refractivity contribution in [3.63, 3.8) is 0 Å². The number of hydrogen-bond donors (Lipinski definition) is 0. The van der Waals surface area contributed by atoms with Crippen molar-refractivity contribution in [1.29, 1.82) is 0 Å². The Hall–Kier alpha value is -1.84. The van der Waals surface area contributed by atoms with E-state index in [0.29, 0.717) is 0 Å². The molecule has 0 aliphatic rings. The number of carbonyl (C=O) groups is 1. The average molecular weight is 234 g/mol. The smallest absolute Gasteiger partial charge is 0.429 e. The van der Waals surface area contributed by atoms with Crippen molar-refractivity contribution in [1.82, 2.24) is 4.98 Å². The lowest BCUT2D eigenvalue weighted by atomic mass is 10.1.